The summed E-state index contributed by atoms with van der Waals surface area (Å²) in [6.07, 6.45) is 1.74. The van der Waals surface area contributed by atoms with E-state index in [1.165, 1.54) is 37.5 Å². The van der Waals surface area contributed by atoms with Crippen molar-refractivity contribution in [2.45, 2.75) is 32.1 Å². The minimum Gasteiger partial charge on any atom is -0.478 e. The predicted molar refractivity (Wildman–Crippen MR) is 160 cm³/mol. The molecule has 0 spiro atoms. The minimum atomic E-state index is -1.31. The van der Waals surface area contributed by atoms with Crippen LogP contribution >= 0.6 is 11.6 Å². The van der Waals surface area contributed by atoms with E-state index in [2.05, 4.69) is 20.3 Å². The molecular weight excluding hydrogens is 627 g/mol. The number of carbonyl (C=O) groups is 2. The number of nitrogens with zero attached hydrogens (tertiary/aromatic N) is 4. The summed E-state index contributed by atoms with van der Waals surface area (Å²) in [6, 6.07) is 10.2. The number of carbonyl (C=O) groups excluding carboxylic acids is 1. The molecule has 1 atom stereocenters. The molecule has 5 aromatic rings. The van der Waals surface area contributed by atoms with Crippen LogP contribution in [0.25, 0.3) is 22.3 Å². The van der Waals surface area contributed by atoms with Gasteiger partial charge in [-0.15, -0.1) is 0 Å². The van der Waals surface area contributed by atoms with E-state index in [4.69, 9.17) is 21.1 Å². The number of rotatable bonds is 10. The molecule has 46 heavy (non-hydrogen) atoms. The zero-order valence-electron chi connectivity index (χ0n) is 24.2. The van der Waals surface area contributed by atoms with Crippen LogP contribution in [0.4, 0.5) is 13.2 Å². The first-order chi connectivity index (χ1) is 22.1. The van der Waals surface area contributed by atoms with E-state index < -0.39 is 29.3 Å². The Morgan fingerprint density at radius 1 is 1.09 bits per heavy atom. The van der Waals surface area contributed by atoms with Crippen molar-refractivity contribution in [1.82, 2.24) is 24.8 Å². The van der Waals surface area contributed by atoms with Gasteiger partial charge in [0.15, 0.2) is 5.82 Å². The number of aromatic nitrogens is 4. The summed E-state index contributed by atoms with van der Waals surface area (Å²) in [5, 5.41) is 12.1. The molecule has 0 aliphatic carbocycles. The van der Waals surface area contributed by atoms with Gasteiger partial charge in [0.2, 0.25) is 5.88 Å². The lowest BCUT2D eigenvalue weighted by molar-refractivity contribution is -0.0589. The van der Waals surface area contributed by atoms with Gasteiger partial charge >= 0.3 is 5.97 Å². The third-order valence-electron chi connectivity index (χ3n) is 7.56. The summed E-state index contributed by atoms with van der Waals surface area (Å²) >= 11 is 6.26. The minimum absolute atomic E-state index is 0.0408. The second-order valence-corrected chi connectivity index (χ2v) is 10.9. The molecule has 2 N–H and O–H groups in total. The van der Waals surface area contributed by atoms with E-state index in [1.54, 1.807) is 10.6 Å². The number of hydrogen-bond acceptors (Lipinski definition) is 7. The average molecular weight is 652 g/mol. The number of halogens is 4. The van der Waals surface area contributed by atoms with Crippen molar-refractivity contribution < 1.29 is 37.3 Å². The van der Waals surface area contributed by atoms with Gasteiger partial charge in [-0.25, -0.2) is 27.9 Å². The Kier molecular flexibility index (Phi) is 8.61. The van der Waals surface area contributed by atoms with Crippen LogP contribution in [0, 0.1) is 17.5 Å². The van der Waals surface area contributed by atoms with Crippen molar-refractivity contribution >= 4 is 34.5 Å². The Morgan fingerprint density at radius 3 is 2.59 bits per heavy atom. The van der Waals surface area contributed by atoms with Gasteiger partial charge in [0.1, 0.15) is 35.3 Å². The molecule has 236 valence electrons. The molecule has 10 nitrogen and oxygen atoms in total. The molecule has 0 bridgehead atoms. The third kappa shape index (κ3) is 6.24. The maximum absolute atomic E-state index is 15.5. The Hall–Kier alpha value is -5.01. The zero-order chi connectivity index (χ0) is 32.5. The maximum Gasteiger partial charge on any atom is 0.335 e. The van der Waals surface area contributed by atoms with Gasteiger partial charge in [-0.3, -0.25) is 9.78 Å². The van der Waals surface area contributed by atoms with Crippen LogP contribution in [-0.2, 0) is 24.3 Å². The number of amides is 1. The summed E-state index contributed by atoms with van der Waals surface area (Å²) < 4.78 is 58.7. The van der Waals surface area contributed by atoms with Crippen molar-refractivity contribution in [3.8, 4) is 17.1 Å². The standard InChI is InChI=1S/C32H25ClF3N5O5/c1-37-31(42)26-12-21(33)18(13-38-26)15-46-29-4-2-3-25(39-29)20-11-22(34)16(7-23(20)35)10-28-40-30-24(36)8-17(32(43)44)9-27(30)41(28)14-19-5-6-45-19/h2-4,7-9,11-13,19H,5-6,10,14-15H2,1H3,(H,37,42)(H,43,44)/t19-/m0/s1. The quantitative estimate of drug-likeness (QED) is 0.200. The second kappa shape index (κ2) is 12.8. The van der Waals surface area contributed by atoms with Gasteiger partial charge in [-0.1, -0.05) is 17.7 Å². The van der Waals surface area contributed by atoms with Crippen molar-refractivity contribution in [2.24, 2.45) is 0 Å². The number of ether oxygens (including phenoxy) is 2. The molecule has 6 rings (SSSR count). The first-order valence-electron chi connectivity index (χ1n) is 14.1. The van der Waals surface area contributed by atoms with Crippen LogP contribution in [0.3, 0.4) is 0 Å². The monoisotopic (exact) mass is 651 g/mol. The number of benzene rings is 2. The maximum atomic E-state index is 15.5. The van der Waals surface area contributed by atoms with E-state index in [1.807, 2.05) is 0 Å². The van der Waals surface area contributed by atoms with Gasteiger partial charge in [-0.05, 0) is 48.4 Å². The molecule has 3 aromatic heterocycles. The molecular formula is C32H25ClF3N5O5. The largest absolute Gasteiger partial charge is 0.478 e. The van der Waals surface area contributed by atoms with Crippen LogP contribution in [0.5, 0.6) is 5.88 Å². The van der Waals surface area contributed by atoms with Crippen molar-refractivity contribution in [2.75, 3.05) is 13.7 Å². The van der Waals surface area contributed by atoms with Gasteiger partial charge in [0.25, 0.3) is 5.91 Å². The van der Waals surface area contributed by atoms with E-state index in [-0.39, 0.29) is 81.5 Å². The Morgan fingerprint density at radius 2 is 1.89 bits per heavy atom. The molecule has 1 saturated heterocycles. The van der Waals surface area contributed by atoms with Crippen LogP contribution in [0.2, 0.25) is 5.02 Å². The topological polar surface area (TPSA) is 128 Å². The number of carboxylic acids is 1. The van der Waals surface area contributed by atoms with Crippen molar-refractivity contribution in [3.63, 3.8) is 0 Å². The molecule has 2 aromatic carbocycles. The molecule has 1 amide bonds. The molecule has 1 aliphatic heterocycles. The highest BCUT2D eigenvalue weighted by Gasteiger charge is 2.25. The second-order valence-electron chi connectivity index (χ2n) is 10.5. The number of fused-ring (bicyclic) bond motifs is 1. The van der Waals surface area contributed by atoms with Gasteiger partial charge in [-0.2, -0.15) is 0 Å². The Balaban J connectivity index is 1.25. The van der Waals surface area contributed by atoms with Crippen molar-refractivity contribution in [3.05, 3.63) is 105 Å². The summed E-state index contributed by atoms with van der Waals surface area (Å²) in [5.41, 5.74) is 0.468. The summed E-state index contributed by atoms with van der Waals surface area (Å²) in [4.78, 5) is 36.0. The first-order valence-corrected chi connectivity index (χ1v) is 14.5. The number of carboxylic acid groups (broad SMARTS) is 1. The zero-order valence-corrected chi connectivity index (χ0v) is 24.9. The number of pyridine rings is 2. The van der Waals surface area contributed by atoms with E-state index in [0.29, 0.717) is 12.2 Å². The van der Waals surface area contributed by atoms with Crippen LogP contribution in [0.1, 0.15) is 44.2 Å². The van der Waals surface area contributed by atoms with Gasteiger partial charge < -0.3 is 24.5 Å². The fourth-order valence-electron chi connectivity index (χ4n) is 5.03. The molecule has 0 radical (unpaired) electrons. The average Bonchev–Trinajstić information content (AvgIpc) is 3.36. The molecule has 1 aliphatic rings. The lowest BCUT2D eigenvalue weighted by atomic mass is 10.0. The normalized spacial score (nSPS) is 14.2. The summed E-state index contributed by atoms with van der Waals surface area (Å²) in [5.74, 6) is -3.70. The molecule has 0 unspecified atom stereocenters. The van der Waals surface area contributed by atoms with Crippen LogP contribution in [-0.4, -0.2) is 56.3 Å². The highest BCUT2D eigenvalue weighted by atomic mass is 35.5. The SMILES string of the molecule is CNC(=O)c1cc(Cl)c(COc2cccc(-c3cc(F)c(Cc4nc5c(F)cc(C(=O)O)cc5n4C[C@@H]4CCO4)cc3F)n2)cn1. The predicted octanol–water partition coefficient (Wildman–Crippen LogP) is 5.58. The van der Waals surface area contributed by atoms with Crippen LogP contribution in [0.15, 0.2) is 54.7 Å². The van der Waals surface area contributed by atoms with E-state index >= 15 is 8.78 Å². The lowest BCUT2D eigenvalue weighted by Gasteiger charge is -2.27. The van der Waals surface area contributed by atoms with Crippen LogP contribution < -0.4 is 10.1 Å². The van der Waals surface area contributed by atoms with E-state index in [0.717, 1.165) is 24.6 Å². The molecule has 4 heterocycles. The summed E-state index contributed by atoms with van der Waals surface area (Å²) in [6.45, 7) is 0.750. The van der Waals surface area contributed by atoms with Gasteiger partial charge in [0, 0.05) is 43.5 Å². The fraction of sp³-hybridized carbons (Fsp3) is 0.219. The summed E-state index contributed by atoms with van der Waals surface area (Å²) in [7, 11) is 1.47. The van der Waals surface area contributed by atoms with E-state index in [9.17, 15) is 19.1 Å². The molecule has 0 saturated carbocycles. The lowest BCUT2D eigenvalue weighted by Crippen LogP contribution is -2.31. The molecule has 1 fully saturated rings. The smallest absolute Gasteiger partial charge is 0.335 e. The Bertz CT molecular complexity index is 2000. The number of hydrogen-bond donors (Lipinski definition) is 2. The Labute approximate surface area is 264 Å². The number of aromatic carboxylic acids is 1. The van der Waals surface area contributed by atoms with Gasteiger partial charge in [0.05, 0.1) is 34.4 Å². The first kappa shape index (κ1) is 31.0. The third-order valence-corrected chi connectivity index (χ3v) is 7.91. The fourth-order valence-corrected chi connectivity index (χ4v) is 5.24. The highest BCUT2D eigenvalue weighted by Crippen LogP contribution is 2.30. The number of nitrogens with one attached hydrogen (secondary N) is 1. The highest BCUT2D eigenvalue weighted by molar-refractivity contribution is 6.31. The van der Waals surface area contributed by atoms with Crippen molar-refractivity contribution in [1.29, 1.82) is 0 Å². The number of imidazole rings is 1. The molecule has 14 heteroatoms.